The first-order chi connectivity index (χ1) is 8.83. The Bertz CT molecular complexity index is 409. The number of aryl methyl sites for hydroxylation is 2. The van der Waals surface area contributed by atoms with Gasteiger partial charge in [-0.15, -0.1) is 12.4 Å². The SMILES string of the molecule is CCN(CC)c1cc2c3c(c1)CCCN3CCC2.Cl. The maximum Gasteiger partial charge on any atom is 0.0432 e. The highest BCUT2D eigenvalue weighted by atomic mass is 35.5. The first-order valence-corrected chi connectivity index (χ1v) is 7.49. The monoisotopic (exact) mass is 280 g/mol. The molecule has 19 heavy (non-hydrogen) atoms. The van der Waals surface area contributed by atoms with Crippen LogP contribution in [0.4, 0.5) is 11.4 Å². The van der Waals surface area contributed by atoms with Crippen LogP contribution in [0.15, 0.2) is 12.1 Å². The molecule has 1 aromatic carbocycles. The Morgan fingerprint density at radius 2 is 1.53 bits per heavy atom. The Morgan fingerprint density at radius 1 is 1.00 bits per heavy atom. The van der Waals surface area contributed by atoms with Gasteiger partial charge in [-0.2, -0.15) is 0 Å². The highest BCUT2D eigenvalue weighted by Gasteiger charge is 2.24. The topological polar surface area (TPSA) is 6.48 Å². The van der Waals surface area contributed by atoms with Crippen molar-refractivity contribution in [3.05, 3.63) is 23.3 Å². The summed E-state index contributed by atoms with van der Waals surface area (Å²) >= 11 is 0. The van der Waals surface area contributed by atoms with Gasteiger partial charge in [0.05, 0.1) is 0 Å². The van der Waals surface area contributed by atoms with Crippen molar-refractivity contribution in [2.75, 3.05) is 36.0 Å². The third-order valence-electron chi connectivity index (χ3n) is 4.45. The Hall–Kier alpha value is -0.890. The fraction of sp³-hybridized carbons (Fsp3) is 0.625. The maximum atomic E-state index is 2.61. The van der Waals surface area contributed by atoms with Crippen molar-refractivity contribution in [3.8, 4) is 0 Å². The molecule has 0 aliphatic carbocycles. The van der Waals surface area contributed by atoms with Crippen LogP contribution in [-0.4, -0.2) is 26.2 Å². The molecule has 2 aliphatic heterocycles. The van der Waals surface area contributed by atoms with Crippen LogP contribution in [0.25, 0.3) is 0 Å². The third-order valence-corrected chi connectivity index (χ3v) is 4.45. The van der Waals surface area contributed by atoms with Gasteiger partial charge in [0.25, 0.3) is 0 Å². The summed E-state index contributed by atoms with van der Waals surface area (Å²) in [6, 6.07) is 4.90. The smallest absolute Gasteiger partial charge is 0.0432 e. The standard InChI is InChI=1S/C16H24N2.ClH/c1-3-17(4-2)15-11-13-7-5-9-18-10-6-8-14(12-15)16(13)18;/h11-12H,3-10H2,1-2H3;1H. The van der Waals surface area contributed by atoms with Crippen molar-refractivity contribution in [2.24, 2.45) is 0 Å². The first-order valence-electron chi connectivity index (χ1n) is 7.49. The number of rotatable bonds is 3. The molecule has 2 heterocycles. The number of hydrogen-bond donors (Lipinski definition) is 0. The fourth-order valence-electron chi connectivity index (χ4n) is 3.56. The van der Waals surface area contributed by atoms with Crippen LogP contribution in [0.3, 0.4) is 0 Å². The van der Waals surface area contributed by atoms with E-state index in [9.17, 15) is 0 Å². The van der Waals surface area contributed by atoms with E-state index in [-0.39, 0.29) is 12.4 Å². The molecule has 0 spiro atoms. The van der Waals surface area contributed by atoms with Gasteiger partial charge < -0.3 is 9.80 Å². The van der Waals surface area contributed by atoms with Crippen LogP contribution in [-0.2, 0) is 12.8 Å². The molecule has 0 unspecified atom stereocenters. The van der Waals surface area contributed by atoms with E-state index in [1.54, 1.807) is 16.8 Å². The van der Waals surface area contributed by atoms with Crippen molar-refractivity contribution in [2.45, 2.75) is 39.5 Å². The number of halogens is 1. The summed E-state index contributed by atoms with van der Waals surface area (Å²) in [5, 5.41) is 0. The van der Waals surface area contributed by atoms with Crippen molar-refractivity contribution < 1.29 is 0 Å². The van der Waals surface area contributed by atoms with E-state index in [1.165, 1.54) is 44.5 Å². The van der Waals surface area contributed by atoms with Gasteiger partial charge in [-0.05, 0) is 62.8 Å². The van der Waals surface area contributed by atoms with Gasteiger partial charge in [-0.25, -0.2) is 0 Å². The summed E-state index contributed by atoms with van der Waals surface area (Å²) in [6.45, 7) is 9.26. The van der Waals surface area contributed by atoms with Crippen LogP contribution in [0.1, 0.15) is 37.8 Å². The fourth-order valence-corrected chi connectivity index (χ4v) is 3.56. The van der Waals surface area contributed by atoms with Gasteiger partial charge in [0, 0.05) is 37.6 Å². The van der Waals surface area contributed by atoms with E-state index in [1.807, 2.05) is 0 Å². The van der Waals surface area contributed by atoms with Crippen LogP contribution < -0.4 is 9.80 Å². The summed E-state index contributed by atoms with van der Waals surface area (Å²) in [6.07, 6.45) is 5.20. The lowest BCUT2D eigenvalue weighted by atomic mass is 9.91. The predicted molar refractivity (Wildman–Crippen MR) is 86.1 cm³/mol. The highest BCUT2D eigenvalue weighted by Crippen LogP contribution is 2.38. The van der Waals surface area contributed by atoms with E-state index < -0.39 is 0 Å². The molecule has 0 radical (unpaired) electrons. The lowest BCUT2D eigenvalue weighted by Crippen LogP contribution is -2.35. The lowest BCUT2D eigenvalue weighted by Gasteiger charge is -2.38. The predicted octanol–water partition coefficient (Wildman–Crippen LogP) is 3.65. The number of anilines is 2. The molecule has 3 heteroatoms. The van der Waals surface area contributed by atoms with E-state index in [0.29, 0.717) is 0 Å². The molecule has 0 bridgehead atoms. The summed E-state index contributed by atoms with van der Waals surface area (Å²) in [7, 11) is 0. The highest BCUT2D eigenvalue weighted by molar-refractivity contribution is 5.85. The molecule has 0 fully saturated rings. The van der Waals surface area contributed by atoms with E-state index in [4.69, 9.17) is 0 Å². The van der Waals surface area contributed by atoms with E-state index in [0.717, 1.165) is 13.1 Å². The second-order valence-electron chi connectivity index (χ2n) is 5.48. The zero-order chi connectivity index (χ0) is 12.5. The van der Waals surface area contributed by atoms with Crippen LogP contribution in [0.5, 0.6) is 0 Å². The van der Waals surface area contributed by atoms with Crippen molar-refractivity contribution in [1.82, 2.24) is 0 Å². The zero-order valence-corrected chi connectivity index (χ0v) is 12.9. The Labute approximate surface area is 123 Å². The molecular formula is C16H25ClN2. The number of nitrogens with zero attached hydrogens (tertiary/aromatic N) is 2. The Kier molecular flexibility index (Phi) is 4.62. The quantitative estimate of drug-likeness (QED) is 0.834. The molecule has 2 nitrogen and oxygen atoms in total. The summed E-state index contributed by atoms with van der Waals surface area (Å²) in [5.41, 5.74) is 6.22. The zero-order valence-electron chi connectivity index (χ0n) is 12.1. The number of benzene rings is 1. The third kappa shape index (κ3) is 2.55. The van der Waals surface area contributed by atoms with Crippen LogP contribution in [0, 0.1) is 0 Å². The summed E-state index contributed by atoms with van der Waals surface area (Å²) in [4.78, 5) is 5.09. The summed E-state index contributed by atoms with van der Waals surface area (Å²) < 4.78 is 0. The second-order valence-corrected chi connectivity index (χ2v) is 5.48. The molecule has 1 aromatic rings. The minimum absolute atomic E-state index is 0. The van der Waals surface area contributed by atoms with Crippen LogP contribution >= 0.6 is 12.4 Å². The minimum atomic E-state index is 0. The molecule has 106 valence electrons. The van der Waals surface area contributed by atoms with Crippen molar-refractivity contribution >= 4 is 23.8 Å². The maximum absolute atomic E-state index is 2.61. The molecule has 3 rings (SSSR count). The van der Waals surface area contributed by atoms with Gasteiger partial charge in [0.15, 0.2) is 0 Å². The average molecular weight is 281 g/mol. The molecule has 2 aliphatic rings. The first kappa shape index (κ1) is 14.5. The van der Waals surface area contributed by atoms with Crippen molar-refractivity contribution in [1.29, 1.82) is 0 Å². The van der Waals surface area contributed by atoms with Gasteiger partial charge in [0.2, 0.25) is 0 Å². The van der Waals surface area contributed by atoms with Gasteiger partial charge in [-0.1, -0.05) is 0 Å². The molecule has 0 amide bonds. The molecular weight excluding hydrogens is 256 g/mol. The van der Waals surface area contributed by atoms with Gasteiger partial charge in [-0.3, -0.25) is 0 Å². The average Bonchev–Trinajstić information content (AvgIpc) is 2.41. The Morgan fingerprint density at radius 3 is 2.00 bits per heavy atom. The van der Waals surface area contributed by atoms with E-state index >= 15 is 0 Å². The second kappa shape index (κ2) is 6.04. The summed E-state index contributed by atoms with van der Waals surface area (Å²) in [5.74, 6) is 0. The molecule has 0 saturated carbocycles. The largest absolute Gasteiger partial charge is 0.372 e. The van der Waals surface area contributed by atoms with Crippen molar-refractivity contribution in [3.63, 3.8) is 0 Å². The minimum Gasteiger partial charge on any atom is -0.372 e. The van der Waals surface area contributed by atoms with Gasteiger partial charge in [0.1, 0.15) is 0 Å². The molecule has 0 N–H and O–H groups in total. The lowest BCUT2D eigenvalue weighted by molar-refractivity contribution is 0.633. The Balaban J connectivity index is 0.00000133. The molecule has 0 atom stereocenters. The molecule has 0 aromatic heterocycles. The number of hydrogen-bond acceptors (Lipinski definition) is 2. The van der Waals surface area contributed by atoms with E-state index in [2.05, 4.69) is 35.8 Å². The van der Waals surface area contributed by atoms with Gasteiger partial charge >= 0.3 is 0 Å². The van der Waals surface area contributed by atoms with Crippen LogP contribution in [0.2, 0.25) is 0 Å². The normalized spacial score (nSPS) is 16.6. The molecule has 0 saturated heterocycles.